The third-order valence-corrected chi connectivity index (χ3v) is 3.73. The Kier molecular flexibility index (Phi) is 6.93. The molecule has 27 heavy (non-hydrogen) atoms. The highest BCUT2D eigenvalue weighted by molar-refractivity contribution is 6.00. The molecule has 0 radical (unpaired) electrons. The number of carbonyl (C=O) groups excluding carboxylic acids is 3. The normalized spacial score (nSPS) is 11.2. The number of nitrogens with one attached hydrogen (secondary N) is 1. The molecule has 0 bridgehead atoms. The Morgan fingerprint density at radius 1 is 0.926 bits per heavy atom. The van der Waals surface area contributed by atoms with Crippen molar-refractivity contribution in [3.05, 3.63) is 59.7 Å². The Labute approximate surface area is 157 Å². The van der Waals surface area contributed by atoms with Gasteiger partial charge in [0.05, 0.1) is 25.3 Å². The van der Waals surface area contributed by atoms with Crippen LogP contribution in [0, 0.1) is 0 Å². The minimum absolute atomic E-state index is 0.118. The quantitative estimate of drug-likeness (QED) is 0.752. The monoisotopic (exact) mass is 371 g/mol. The number of esters is 2. The summed E-state index contributed by atoms with van der Waals surface area (Å²) in [5.41, 5.74) is 0.499. The molecule has 7 nitrogen and oxygen atoms in total. The van der Waals surface area contributed by atoms with Crippen molar-refractivity contribution in [1.82, 2.24) is 0 Å². The summed E-state index contributed by atoms with van der Waals surface area (Å²) in [5, 5.41) is 2.67. The van der Waals surface area contributed by atoms with E-state index < -0.39 is 23.9 Å². The SMILES string of the molecule is CC[C@@H](Oc1ccccc1)C(=O)Nc1cc(C(=O)OC)cc(C(=O)OC)c1. The smallest absolute Gasteiger partial charge is 0.337 e. The molecule has 0 aliphatic carbocycles. The average Bonchev–Trinajstić information content (AvgIpc) is 2.71. The Morgan fingerprint density at radius 2 is 1.48 bits per heavy atom. The molecule has 0 spiro atoms. The van der Waals surface area contributed by atoms with E-state index in [4.69, 9.17) is 4.74 Å². The molecule has 1 N–H and O–H groups in total. The van der Waals surface area contributed by atoms with Crippen molar-refractivity contribution in [2.75, 3.05) is 19.5 Å². The number of para-hydroxylation sites is 1. The molecule has 2 aromatic carbocycles. The van der Waals surface area contributed by atoms with Crippen molar-refractivity contribution >= 4 is 23.5 Å². The third kappa shape index (κ3) is 5.31. The molecule has 0 aliphatic heterocycles. The molecule has 2 aromatic rings. The first-order chi connectivity index (χ1) is 13.0. The fourth-order valence-corrected chi connectivity index (χ4v) is 2.38. The van der Waals surface area contributed by atoms with Gasteiger partial charge in [-0.05, 0) is 36.8 Å². The highest BCUT2D eigenvalue weighted by Gasteiger charge is 2.20. The number of amides is 1. The van der Waals surface area contributed by atoms with E-state index in [2.05, 4.69) is 14.8 Å². The van der Waals surface area contributed by atoms with Crippen LogP contribution in [-0.2, 0) is 14.3 Å². The van der Waals surface area contributed by atoms with E-state index in [0.29, 0.717) is 12.2 Å². The molecular formula is C20H21NO6. The van der Waals surface area contributed by atoms with Crippen LogP contribution in [0.2, 0.25) is 0 Å². The molecule has 0 unspecified atom stereocenters. The second-order valence-corrected chi connectivity index (χ2v) is 5.60. The lowest BCUT2D eigenvalue weighted by atomic mass is 10.1. The van der Waals surface area contributed by atoms with Gasteiger partial charge < -0.3 is 19.5 Å². The van der Waals surface area contributed by atoms with Crippen LogP contribution < -0.4 is 10.1 Å². The number of ether oxygens (including phenoxy) is 3. The second-order valence-electron chi connectivity index (χ2n) is 5.60. The van der Waals surface area contributed by atoms with Crippen LogP contribution in [-0.4, -0.2) is 38.2 Å². The topological polar surface area (TPSA) is 90.9 Å². The summed E-state index contributed by atoms with van der Waals surface area (Å²) >= 11 is 0. The lowest BCUT2D eigenvalue weighted by Gasteiger charge is -2.18. The first kappa shape index (κ1) is 20.0. The van der Waals surface area contributed by atoms with Gasteiger partial charge in [-0.25, -0.2) is 9.59 Å². The van der Waals surface area contributed by atoms with Crippen molar-refractivity contribution in [3.8, 4) is 5.75 Å². The standard InChI is InChI=1S/C20H21NO6/c1-4-17(27-16-8-6-5-7-9-16)18(22)21-15-11-13(19(23)25-2)10-14(12-15)20(24)26-3/h5-12,17H,4H2,1-3H3,(H,21,22)/t17-/m1/s1. The van der Waals surface area contributed by atoms with Gasteiger partial charge in [0, 0.05) is 5.69 Å². The van der Waals surface area contributed by atoms with Gasteiger partial charge in [0.25, 0.3) is 5.91 Å². The van der Waals surface area contributed by atoms with Gasteiger partial charge in [0.15, 0.2) is 6.10 Å². The minimum atomic E-state index is -0.740. The number of benzene rings is 2. The van der Waals surface area contributed by atoms with Crippen LogP contribution in [0.4, 0.5) is 5.69 Å². The van der Waals surface area contributed by atoms with Crippen LogP contribution >= 0.6 is 0 Å². The molecule has 0 saturated carbocycles. The fraction of sp³-hybridized carbons (Fsp3) is 0.250. The zero-order valence-electron chi connectivity index (χ0n) is 15.4. The van der Waals surface area contributed by atoms with E-state index in [-0.39, 0.29) is 16.8 Å². The van der Waals surface area contributed by atoms with Crippen LogP contribution in [0.5, 0.6) is 5.75 Å². The fourth-order valence-electron chi connectivity index (χ4n) is 2.38. The molecule has 142 valence electrons. The van der Waals surface area contributed by atoms with E-state index in [1.54, 1.807) is 12.1 Å². The molecule has 0 aliphatic rings. The summed E-state index contributed by atoms with van der Waals surface area (Å²) in [7, 11) is 2.46. The van der Waals surface area contributed by atoms with Gasteiger partial charge in [-0.15, -0.1) is 0 Å². The lowest BCUT2D eigenvalue weighted by Crippen LogP contribution is -2.32. The number of hydrogen-bond acceptors (Lipinski definition) is 6. The number of hydrogen-bond donors (Lipinski definition) is 1. The summed E-state index contributed by atoms with van der Waals surface area (Å²) in [5.74, 6) is -1.11. The van der Waals surface area contributed by atoms with Crippen molar-refractivity contribution in [2.45, 2.75) is 19.4 Å². The molecule has 1 amide bonds. The number of anilines is 1. The molecule has 0 fully saturated rings. The zero-order valence-corrected chi connectivity index (χ0v) is 15.4. The maximum atomic E-state index is 12.6. The van der Waals surface area contributed by atoms with E-state index in [1.807, 2.05) is 25.1 Å². The Balaban J connectivity index is 2.24. The van der Waals surface area contributed by atoms with Crippen LogP contribution in [0.1, 0.15) is 34.1 Å². The highest BCUT2D eigenvalue weighted by atomic mass is 16.5. The van der Waals surface area contributed by atoms with E-state index >= 15 is 0 Å². The minimum Gasteiger partial charge on any atom is -0.481 e. The first-order valence-electron chi connectivity index (χ1n) is 8.32. The predicted octanol–water partition coefficient (Wildman–Crippen LogP) is 3.06. The molecular weight excluding hydrogens is 350 g/mol. The van der Waals surface area contributed by atoms with E-state index in [9.17, 15) is 14.4 Å². The Bertz CT molecular complexity index is 784. The molecule has 7 heteroatoms. The highest BCUT2D eigenvalue weighted by Crippen LogP contribution is 2.19. The van der Waals surface area contributed by atoms with Crippen molar-refractivity contribution in [2.24, 2.45) is 0 Å². The van der Waals surface area contributed by atoms with Gasteiger partial charge in [0.1, 0.15) is 5.75 Å². The van der Waals surface area contributed by atoms with Gasteiger partial charge in [-0.3, -0.25) is 4.79 Å². The van der Waals surface area contributed by atoms with Gasteiger partial charge in [-0.2, -0.15) is 0 Å². The largest absolute Gasteiger partial charge is 0.481 e. The maximum Gasteiger partial charge on any atom is 0.337 e. The number of methoxy groups -OCH3 is 2. The van der Waals surface area contributed by atoms with E-state index in [1.165, 1.54) is 32.4 Å². The van der Waals surface area contributed by atoms with Crippen LogP contribution in [0.25, 0.3) is 0 Å². The molecule has 2 rings (SSSR count). The summed E-state index contributed by atoms with van der Waals surface area (Å²) < 4.78 is 15.1. The number of rotatable bonds is 7. The zero-order chi connectivity index (χ0) is 19.8. The van der Waals surface area contributed by atoms with Crippen molar-refractivity contribution < 1.29 is 28.6 Å². The van der Waals surface area contributed by atoms with Gasteiger partial charge in [0.2, 0.25) is 0 Å². The maximum absolute atomic E-state index is 12.6. The molecule has 0 heterocycles. The summed E-state index contributed by atoms with van der Waals surface area (Å²) in [6.07, 6.45) is -0.308. The summed E-state index contributed by atoms with van der Waals surface area (Å²) in [4.78, 5) is 36.2. The average molecular weight is 371 g/mol. The first-order valence-corrected chi connectivity index (χ1v) is 8.32. The molecule has 0 saturated heterocycles. The summed E-state index contributed by atoms with van der Waals surface area (Å²) in [6.45, 7) is 1.82. The van der Waals surface area contributed by atoms with Gasteiger partial charge in [-0.1, -0.05) is 25.1 Å². The van der Waals surface area contributed by atoms with Crippen molar-refractivity contribution in [3.63, 3.8) is 0 Å². The second kappa shape index (κ2) is 9.38. The lowest BCUT2D eigenvalue weighted by molar-refractivity contribution is -0.122. The number of carbonyl (C=O) groups is 3. The Morgan fingerprint density at radius 3 is 1.96 bits per heavy atom. The van der Waals surface area contributed by atoms with Gasteiger partial charge >= 0.3 is 11.9 Å². The predicted molar refractivity (Wildman–Crippen MR) is 98.9 cm³/mol. The van der Waals surface area contributed by atoms with E-state index in [0.717, 1.165) is 0 Å². The molecule has 0 aromatic heterocycles. The molecule has 1 atom stereocenters. The summed E-state index contributed by atoms with van der Waals surface area (Å²) in [6, 6.07) is 13.2. The third-order valence-electron chi connectivity index (χ3n) is 3.73. The van der Waals surface area contributed by atoms with Crippen LogP contribution in [0.3, 0.4) is 0 Å². The van der Waals surface area contributed by atoms with Crippen LogP contribution in [0.15, 0.2) is 48.5 Å². The Hall–Kier alpha value is -3.35. The van der Waals surface area contributed by atoms with Crippen molar-refractivity contribution in [1.29, 1.82) is 0 Å².